The largest absolute Gasteiger partial charge is 0.355 e. The van der Waals surface area contributed by atoms with Gasteiger partial charge in [0.2, 0.25) is 5.91 Å². The molecule has 128 valence electrons. The zero-order valence-corrected chi connectivity index (χ0v) is 14.8. The topological polar surface area (TPSA) is 64.0 Å². The lowest BCUT2D eigenvalue weighted by molar-refractivity contribution is -0.120. The van der Waals surface area contributed by atoms with Crippen LogP contribution in [0.15, 0.2) is 34.2 Å². The van der Waals surface area contributed by atoms with Gasteiger partial charge in [-0.25, -0.2) is 4.98 Å². The highest BCUT2D eigenvalue weighted by molar-refractivity contribution is 8.00. The summed E-state index contributed by atoms with van der Waals surface area (Å²) in [5.74, 6) is 0.0574. The number of unbranched alkanes of at least 4 members (excludes halogenated alkanes) is 1. The van der Waals surface area contributed by atoms with E-state index in [1.165, 1.54) is 11.8 Å². The third-order valence-corrected chi connectivity index (χ3v) is 5.55. The van der Waals surface area contributed by atoms with Gasteiger partial charge in [-0.05, 0) is 31.4 Å². The molecule has 1 unspecified atom stereocenters. The van der Waals surface area contributed by atoms with Crippen LogP contribution in [0, 0.1) is 0 Å². The number of fused-ring (bicyclic) bond motifs is 1. The van der Waals surface area contributed by atoms with E-state index >= 15 is 0 Å². The summed E-state index contributed by atoms with van der Waals surface area (Å²) < 4.78 is 1.74. The number of rotatable bonds is 5. The molecule has 3 rings (SSSR count). The van der Waals surface area contributed by atoms with Crippen LogP contribution in [0.1, 0.15) is 39.0 Å². The highest BCUT2D eigenvalue weighted by atomic mass is 32.2. The average Bonchev–Trinajstić information content (AvgIpc) is 2.79. The van der Waals surface area contributed by atoms with E-state index in [1.807, 2.05) is 24.3 Å². The molecular weight excluding hydrogens is 322 g/mol. The monoisotopic (exact) mass is 345 g/mol. The fourth-order valence-electron chi connectivity index (χ4n) is 2.90. The molecule has 1 aromatic carbocycles. The number of nitrogens with zero attached hydrogens (tertiary/aromatic N) is 2. The average molecular weight is 345 g/mol. The normalized spacial score (nSPS) is 18.4. The third kappa shape index (κ3) is 3.64. The number of hydrogen-bond acceptors (Lipinski definition) is 4. The molecule has 1 aliphatic rings. The van der Waals surface area contributed by atoms with E-state index in [1.54, 1.807) is 4.57 Å². The van der Waals surface area contributed by atoms with Crippen LogP contribution in [-0.2, 0) is 11.3 Å². The van der Waals surface area contributed by atoms with Crippen LogP contribution >= 0.6 is 11.8 Å². The van der Waals surface area contributed by atoms with Crippen LogP contribution in [0.5, 0.6) is 0 Å². The maximum absolute atomic E-state index is 12.9. The van der Waals surface area contributed by atoms with Crippen molar-refractivity contribution in [2.75, 3.05) is 6.54 Å². The van der Waals surface area contributed by atoms with Crippen LogP contribution in [0.4, 0.5) is 0 Å². The first kappa shape index (κ1) is 17.0. The van der Waals surface area contributed by atoms with Crippen molar-refractivity contribution in [1.82, 2.24) is 14.9 Å². The van der Waals surface area contributed by atoms with Gasteiger partial charge >= 0.3 is 0 Å². The Hall–Kier alpha value is -1.82. The molecule has 0 aliphatic carbocycles. The van der Waals surface area contributed by atoms with Crippen molar-refractivity contribution in [2.45, 2.75) is 56.0 Å². The molecule has 1 aromatic heterocycles. The molecule has 0 spiro atoms. The van der Waals surface area contributed by atoms with E-state index < -0.39 is 0 Å². The summed E-state index contributed by atoms with van der Waals surface area (Å²) in [5, 5.41) is 4.08. The molecule has 1 aliphatic heterocycles. The second-order valence-corrected chi connectivity index (χ2v) is 7.29. The summed E-state index contributed by atoms with van der Waals surface area (Å²) in [6, 6.07) is 7.43. The molecule has 1 amide bonds. The van der Waals surface area contributed by atoms with Crippen LogP contribution in [-0.4, -0.2) is 27.3 Å². The van der Waals surface area contributed by atoms with E-state index in [9.17, 15) is 9.59 Å². The van der Waals surface area contributed by atoms with Crippen LogP contribution in [0.2, 0.25) is 0 Å². The summed E-state index contributed by atoms with van der Waals surface area (Å²) >= 11 is 1.43. The van der Waals surface area contributed by atoms with E-state index in [0.717, 1.165) is 38.6 Å². The standard InChI is InChI=1S/C18H23N3O2S/c1-2-3-12-21-17(23)13-8-4-5-9-14(13)20-18(21)24-15-10-6-7-11-19-16(15)22/h4-5,8-9,15H,2-3,6-7,10-12H2,1H3,(H,19,22). The molecule has 6 heteroatoms. The van der Waals surface area contributed by atoms with Gasteiger partial charge in [0, 0.05) is 13.1 Å². The quantitative estimate of drug-likeness (QED) is 0.846. The molecule has 0 radical (unpaired) electrons. The van der Waals surface area contributed by atoms with Crippen LogP contribution in [0.3, 0.4) is 0 Å². The van der Waals surface area contributed by atoms with Gasteiger partial charge in [-0.2, -0.15) is 0 Å². The van der Waals surface area contributed by atoms with Crippen molar-refractivity contribution >= 4 is 28.6 Å². The summed E-state index contributed by atoms with van der Waals surface area (Å²) in [6.45, 7) is 3.48. The number of thioether (sulfide) groups is 1. The van der Waals surface area contributed by atoms with Crippen molar-refractivity contribution in [2.24, 2.45) is 0 Å². The smallest absolute Gasteiger partial charge is 0.262 e. The minimum Gasteiger partial charge on any atom is -0.355 e. The molecular formula is C18H23N3O2S. The van der Waals surface area contributed by atoms with Gasteiger partial charge in [-0.1, -0.05) is 43.7 Å². The predicted molar refractivity (Wildman–Crippen MR) is 97.4 cm³/mol. The molecule has 1 N–H and O–H groups in total. The maximum Gasteiger partial charge on any atom is 0.262 e. The maximum atomic E-state index is 12.9. The van der Waals surface area contributed by atoms with E-state index in [0.29, 0.717) is 22.6 Å². The minimum atomic E-state index is -0.173. The molecule has 2 aromatic rings. The number of nitrogens with one attached hydrogen (secondary N) is 1. The number of amides is 1. The number of benzene rings is 1. The molecule has 1 atom stereocenters. The van der Waals surface area contributed by atoms with E-state index in [4.69, 9.17) is 4.98 Å². The first-order chi connectivity index (χ1) is 11.7. The zero-order chi connectivity index (χ0) is 16.9. The van der Waals surface area contributed by atoms with Gasteiger partial charge in [0.1, 0.15) is 0 Å². The molecule has 5 nitrogen and oxygen atoms in total. The Labute approximate surface area is 145 Å². The van der Waals surface area contributed by atoms with Gasteiger partial charge in [0.05, 0.1) is 16.2 Å². The van der Waals surface area contributed by atoms with Crippen molar-refractivity contribution in [3.63, 3.8) is 0 Å². The molecule has 1 saturated heterocycles. The van der Waals surface area contributed by atoms with E-state index in [-0.39, 0.29) is 16.7 Å². The van der Waals surface area contributed by atoms with Gasteiger partial charge in [-0.3, -0.25) is 14.2 Å². The Morgan fingerprint density at radius 2 is 2.12 bits per heavy atom. The highest BCUT2D eigenvalue weighted by Gasteiger charge is 2.24. The molecule has 2 heterocycles. The summed E-state index contributed by atoms with van der Waals surface area (Å²) in [5.41, 5.74) is 0.692. The molecule has 1 fully saturated rings. The second-order valence-electron chi connectivity index (χ2n) is 6.12. The molecule has 0 bridgehead atoms. The third-order valence-electron chi connectivity index (χ3n) is 4.29. The van der Waals surface area contributed by atoms with E-state index in [2.05, 4.69) is 12.2 Å². The fourth-order valence-corrected chi connectivity index (χ4v) is 4.08. The highest BCUT2D eigenvalue weighted by Crippen LogP contribution is 2.27. The van der Waals surface area contributed by atoms with Crippen molar-refractivity contribution in [1.29, 1.82) is 0 Å². The SMILES string of the molecule is CCCCn1c(SC2CCCCNC2=O)nc2ccccc2c1=O. The first-order valence-corrected chi connectivity index (χ1v) is 9.52. The summed E-state index contributed by atoms with van der Waals surface area (Å²) in [7, 11) is 0. The number of para-hydroxylation sites is 1. The lowest BCUT2D eigenvalue weighted by atomic mass is 10.2. The summed E-state index contributed by atoms with van der Waals surface area (Å²) in [6.07, 6.45) is 4.78. The lowest BCUT2D eigenvalue weighted by Crippen LogP contribution is -2.32. The van der Waals surface area contributed by atoms with Gasteiger partial charge in [0.15, 0.2) is 5.16 Å². The summed E-state index contributed by atoms with van der Waals surface area (Å²) in [4.78, 5) is 29.8. The van der Waals surface area contributed by atoms with Gasteiger partial charge in [-0.15, -0.1) is 0 Å². The number of aromatic nitrogens is 2. The Balaban J connectivity index is 2.00. The van der Waals surface area contributed by atoms with Gasteiger partial charge < -0.3 is 5.32 Å². The Morgan fingerprint density at radius 1 is 1.29 bits per heavy atom. The number of carbonyl (C=O) groups excluding carboxylic acids is 1. The Morgan fingerprint density at radius 3 is 2.96 bits per heavy atom. The van der Waals surface area contributed by atoms with Crippen LogP contribution < -0.4 is 10.9 Å². The van der Waals surface area contributed by atoms with Crippen molar-refractivity contribution in [3.05, 3.63) is 34.6 Å². The number of carbonyl (C=O) groups is 1. The second kappa shape index (κ2) is 7.83. The predicted octanol–water partition coefficient (Wildman–Crippen LogP) is 2.96. The number of hydrogen-bond donors (Lipinski definition) is 1. The van der Waals surface area contributed by atoms with Crippen molar-refractivity contribution < 1.29 is 4.79 Å². The minimum absolute atomic E-state index is 0.00872. The van der Waals surface area contributed by atoms with Crippen LogP contribution in [0.25, 0.3) is 10.9 Å². The lowest BCUT2D eigenvalue weighted by Gasteiger charge is -2.17. The first-order valence-electron chi connectivity index (χ1n) is 8.64. The Kier molecular flexibility index (Phi) is 5.56. The zero-order valence-electron chi connectivity index (χ0n) is 14.0. The fraction of sp³-hybridized carbons (Fsp3) is 0.500. The molecule has 0 saturated carbocycles. The Bertz CT molecular complexity index is 787. The van der Waals surface area contributed by atoms with Crippen molar-refractivity contribution in [3.8, 4) is 0 Å². The molecule has 24 heavy (non-hydrogen) atoms. The van der Waals surface area contributed by atoms with Gasteiger partial charge in [0.25, 0.3) is 5.56 Å².